The van der Waals surface area contributed by atoms with Gasteiger partial charge in [-0.3, -0.25) is 24.0 Å². The number of carbonyl (C=O) groups is 5. The Balaban J connectivity index is 1.93. The lowest BCUT2D eigenvalue weighted by Crippen LogP contribution is -2.65. The predicted octanol–water partition coefficient (Wildman–Crippen LogP) is 3.59. The van der Waals surface area contributed by atoms with E-state index in [1.54, 1.807) is 20.8 Å². The van der Waals surface area contributed by atoms with Crippen LogP contribution in [-0.2, 0) is 28.7 Å². The second-order valence-corrected chi connectivity index (χ2v) is 14.1. The summed E-state index contributed by atoms with van der Waals surface area (Å²) in [6, 6.07) is 0. The zero-order chi connectivity index (χ0) is 31.0. The van der Waals surface area contributed by atoms with Crippen molar-refractivity contribution in [3.63, 3.8) is 0 Å². The van der Waals surface area contributed by atoms with Crippen molar-refractivity contribution in [3.05, 3.63) is 22.8 Å². The number of rotatable bonds is 6. The van der Waals surface area contributed by atoms with Gasteiger partial charge < -0.3 is 20.1 Å². The summed E-state index contributed by atoms with van der Waals surface area (Å²) in [6.07, 6.45) is -0.793. The number of carbonyl (C=O) groups excluding carboxylic acids is 4. The molecule has 0 heterocycles. The number of ketones is 3. The Kier molecular flexibility index (Phi) is 7.61. The summed E-state index contributed by atoms with van der Waals surface area (Å²) >= 11 is 0. The van der Waals surface area contributed by atoms with Crippen molar-refractivity contribution in [3.8, 4) is 0 Å². The van der Waals surface area contributed by atoms with Gasteiger partial charge in [-0.05, 0) is 67.4 Å². The quantitative estimate of drug-likeness (QED) is 0.320. The lowest BCUT2D eigenvalue weighted by molar-refractivity contribution is -0.175. The van der Waals surface area contributed by atoms with Gasteiger partial charge in [-0.1, -0.05) is 40.2 Å². The first-order valence-electron chi connectivity index (χ1n) is 14.6. The van der Waals surface area contributed by atoms with Crippen molar-refractivity contribution in [2.24, 2.45) is 39.4 Å². The second kappa shape index (κ2) is 9.97. The molecule has 0 spiro atoms. The Labute approximate surface area is 241 Å². The Morgan fingerprint density at radius 3 is 2.24 bits per heavy atom. The summed E-state index contributed by atoms with van der Waals surface area (Å²) in [5, 5.41) is 31.9. The molecule has 0 aromatic heterocycles. The average Bonchev–Trinajstić information content (AvgIpc) is 3.07. The number of fused-ring (bicyclic) bond motifs is 4. The Hall–Kier alpha value is -2.65. The summed E-state index contributed by atoms with van der Waals surface area (Å²) in [5.74, 6) is -4.66. The molecule has 0 aromatic carbocycles. The van der Waals surface area contributed by atoms with Gasteiger partial charge in [0.05, 0.1) is 23.5 Å². The monoisotopic (exact) mass is 572 g/mol. The van der Waals surface area contributed by atoms with E-state index in [-0.39, 0.29) is 31.0 Å². The van der Waals surface area contributed by atoms with Crippen LogP contribution in [0, 0.1) is 39.4 Å². The van der Waals surface area contributed by atoms with Crippen LogP contribution in [0.25, 0.3) is 0 Å². The number of hydrogen-bond acceptors (Lipinski definition) is 8. The third kappa shape index (κ3) is 4.29. The van der Waals surface area contributed by atoms with E-state index in [0.29, 0.717) is 29.6 Å². The van der Waals surface area contributed by atoms with E-state index in [1.807, 2.05) is 20.8 Å². The molecule has 2 fully saturated rings. The lowest BCUT2D eigenvalue weighted by Gasteiger charge is -2.62. The predicted molar refractivity (Wildman–Crippen MR) is 148 cm³/mol. The van der Waals surface area contributed by atoms with Crippen LogP contribution in [0.5, 0.6) is 0 Å². The zero-order valence-corrected chi connectivity index (χ0v) is 25.4. The molecule has 2 unspecified atom stereocenters. The Morgan fingerprint density at radius 1 is 1.07 bits per heavy atom. The van der Waals surface area contributed by atoms with Crippen LogP contribution >= 0.6 is 0 Å². The highest BCUT2D eigenvalue weighted by Gasteiger charge is 2.74. The normalized spacial score (nSPS) is 40.8. The van der Waals surface area contributed by atoms with Crippen LogP contribution < -0.4 is 0 Å². The van der Waals surface area contributed by atoms with Crippen LogP contribution in [0.15, 0.2) is 22.8 Å². The van der Waals surface area contributed by atoms with E-state index < -0.39 is 75.3 Å². The minimum atomic E-state index is -1.37. The molecule has 0 saturated heterocycles. The number of allylic oxidation sites excluding steroid dienone is 2. The molecule has 0 aromatic rings. The molecule has 3 N–H and O–H groups in total. The number of hydrogen-bond donors (Lipinski definition) is 3. The van der Waals surface area contributed by atoms with Crippen molar-refractivity contribution in [1.29, 1.82) is 0 Å². The van der Waals surface area contributed by atoms with Gasteiger partial charge in [0, 0.05) is 30.8 Å². The van der Waals surface area contributed by atoms with Crippen molar-refractivity contribution >= 4 is 29.3 Å². The van der Waals surface area contributed by atoms with Gasteiger partial charge in [0.2, 0.25) is 5.78 Å². The molecule has 0 bridgehead atoms. The first-order valence-corrected chi connectivity index (χ1v) is 14.6. The Bertz CT molecular complexity index is 1270. The fraction of sp³-hybridized carbons (Fsp3) is 0.719. The minimum absolute atomic E-state index is 0.0318. The number of aliphatic hydroxyl groups excluding tert-OH is 2. The van der Waals surface area contributed by atoms with Crippen molar-refractivity contribution < 1.29 is 44.0 Å². The standard InChI is InChI=1S/C32H44O9/c1-15(11-18(34)12-16(2)28(39)40)19-13-23(37)32(8)24-20(35)14-21-29(4,5)22(36)9-10-30(21,6)25(24)26(38)27(31(19,32)7)41-17(3)33/h11,16,19-22,27,35-36H,9-10,12-14H2,1-8H3,(H,39,40)/b15-11+/t16-,19?,20+,21?,22+,27-,30+,31+,32+/m1/s1. The van der Waals surface area contributed by atoms with Gasteiger partial charge in [0.15, 0.2) is 11.9 Å². The topological polar surface area (TPSA) is 155 Å². The van der Waals surface area contributed by atoms with E-state index >= 15 is 0 Å². The summed E-state index contributed by atoms with van der Waals surface area (Å²) in [7, 11) is 0. The molecule has 4 rings (SSSR count). The van der Waals surface area contributed by atoms with Crippen LogP contribution in [0.1, 0.15) is 87.5 Å². The first kappa shape index (κ1) is 31.3. The fourth-order valence-corrected chi connectivity index (χ4v) is 9.03. The van der Waals surface area contributed by atoms with Gasteiger partial charge >= 0.3 is 11.9 Å². The number of Topliss-reactive ketones (excluding diaryl/α,β-unsaturated/α-hetero) is 2. The molecule has 41 heavy (non-hydrogen) atoms. The van der Waals surface area contributed by atoms with Crippen LogP contribution in [0.4, 0.5) is 0 Å². The van der Waals surface area contributed by atoms with Gasteiger partial charge in [0.1, 0.15) is 5.78 Å². The average molecular weight is 573 g/mol. The molecule has 2 saturated carbocycles. The molecule has 0 radical (unpaired) electrons. The number of aliphatic hydroxyl groups is 2. The highest BCUT2D eigenvalue weighted by atomic mass is 16.5. The molecule has 4 aliphatic rings. The van der Waals surface area contributed by atoms with Crippen molar-refractivity contribution in [2.75, 3.05) is 0 Å². The smallest absolute Gasteiger partial charge is 0.306 e. The lowest BCUT2D eigenvalue weighted by atomic mass is 9.42. The molecule has 4 aliphatic carbocycles. The summed E-state index contributed by atoms with van der Waals surface area (Å²) in [6.45, 7) is 13.6. The highest BCUT2D eigenvalue weighted by Crippen LogP contribution is 2.71. The van der Waals surface area contributed by atoms with E-state index in [9.17, 15) is 39.3 Å². The molecular formula is C32H44O9. The number of esters is 1. The molecular weight excluding hydrogens is 528 g/mol. The number of carboxylic acid groups (broad SMARTS) is 1. The maximum atomic E-state index is 14.6. The van der Waals surface area contributed by atoms with Gasteiger partial charge in [0.25, 0.3) is 0 Å². The van der Waals surface area contributed by atoms with Gasteiger partial charge in [-0.25, -0.2) is 0 Å². The number of carboxylic acids is 1. The minimum Gasteiger partial charge on any atom is -0.481 e. The molecule has 226 valence electrons. The summed E-state index contributed by atoms with van der Waals surface area (Å²) in [4.78, 5) is 65.3. The Morgan fingerprint density at radius 2 is 1.68 bits per heavy atom. The van der Waals surface area contributed by atoms with Crippen molar-refractivity contribution in [2.45, 2.75) is 106 Å². The SMILES string of the molecule is CC(=O)O[C@@H]1C(=O)C2=C([C@@H](O)CC3C(C)(C)[C@@H](O)CC[C@]23C)[C@]2(C)C(=O)CC(/C(C)=C/C(=O)C[C@@H](C)C(=O)O)[C@@]12C. The van der Waals surface area contributed by atoms with E-state index in [4.69, 9.17) is 4.74 Å². The zero-order valence-electron chi connectivity index (χ0n) is 25.4. The third-order valence-electron chi connectivity index (χ3n) is 11.6. The maximum Gasteiger partial charge on any atom is 0.306 e. The number of aliphatic carboxylic acids is 1. The third-order valence-corrected chi connectivity index (χ3v) is 11.6. The molecule has 9 atom stereocenters. The highest BCUT2D eigenvalue weighted by molar-refractivity contribution is 6.08. The fourth-order valence-electron chi connectivity index (χ4n) is 9.03. The van der Waals surface area contributed by atoms with Crippen molar-refractivity contribution in [1.82, 2.24) is 0 Å². The molecule has 9 nitrogen and oxygen atoms in total. The van der Waals surface area contributed by atoms with Crippen LogP contribution in [0.2, 0.25) is 0 Å². The first-order chi connectivity index (χ1) is 18.8. The molecule has 0 amide bonds. The van der Waals surface area contributed by atoms with Gasteiger partial charge in [-0.2, -0.15) is 0 Å². The van der Waals surface area contributed by atoms with E-state index in [0.717, 1.165) is 0 Å². The maximum absolute atomic E-state index is 14.6. The second-order valence-electron chi connectivity index (χ2n) is 14.1. The van der Waals surface area contributed by atoms with Crippen LogP contribution in [0.3, 0.4) is 0 Å². The van der Waals surface area contributed by atoms with Gasteiger partial charge in [-0.15, -0.1) is 0 Å². The largest absolute Gasteiger partial charge is 0.481 e. The summed E-state index contributed by atoms with van der Waals surface area (Å²) in [5.41, 5.74) is -2.83. The van der Waals surface area contributed by atoms with E-state index in [2.05, 4.69) is 0 Å². The van der Waals surface area contributed by atoms with E-state index in [1.165, 1.54) is 19.9 Å². The molecule has 9 heteroatoms. The molecule has 0 aliphatic heterocycles. The summed E-state index contributed by atoms with van der Waals surface area (Å²) < 4.78 is 5.80. The van der Waals surface area contributed by atoms with Crippen LogP contribution in [-0.4, -0.2) is 62.9 Å². The number of ether oxygens (including phenoxy) is 1.